The van der Waals surface area contributed by atoms with Crippen molar-refractivity contribution in [2.75, 3.05) is 33.4 Å². The second-order valence-electron chi connectivity index (χ2n) is 6.60. The Labute approximate surface area is 174 Å². The molecule has 0 spiro atoms. The molecule has 1 aliphatic rings. The van der Waals surface area contributed by atoms with E-state index in [1.807, 2.05) is 18.2 Å². The Bertz CT molecular complexity index is 535. The summed E-state index contributed by atoms with van der Waals surface area (Å²) in [6, 6.07) is 8.02. The first-order chi connectivity index (χ1) is 11.7. The number of hydrogen-bond acceptors (Lipinski definition) is 2. The lowest BCUT2D eigenvalue weighted by Gasteiger charge is -2.40. The fourth-order valence-corrected chi connectivity index (χ4v) is 3.30. The molecule has 6 heteroatoms. The molecule has 4 nitrogen and oxygen atoms in total. The van der Waals surface area contributed by atoms with Gasteiger partial charge < -0.3 is 15.4 Å². The van der Waals surface area contributed by atoms with Crippen LogP contribution in [0.5, 0.6) is 0 Å². The summed E-state index contributed by atoms with van der Waals surface area (Å²) in [7, 11) is 1.77. The molecule has 1 fully saturated rings. The van der Waals surface area contributed by atoms with E-state index in [1.54, 1.807) is 7.11 Å². The van der Waals surface area contributed by atoms with Gasteiger partial charge >= 0.3 is 0 Å². The molecule has 0 radical (unpaired) electrons. The van der Waals surface area contributed by atoms with Crippen molar-refractivity contribution in [1.82, 2.24) is 10.6 Å². The minimum absolute atomic E-state index is 0. The average molecular weight is 480 g/mol. The zero-order chi connectivity index (χ0) is 17.3. The molecule has 0 amide bonds. The highest BCUT2D eigenvalue weighted by molar-refractivity contribution is 14.0. The van der Waals surface area contributed by atoms with Crippen molar-refractivity contribution >= 4 is 41.5 Å². The monoisotopic (exact) mass is 479 g/mol. The molecule has 1 saturated carbocycles. The SMILES string of the molecule is CCNC(=NCC1(CCOC)CCC1)NCCc1cccc(Cl)c1.I. The van der Waals surface area contributed by atoms with E-state index in [1.165, 1.54) is 24.8 Å². The summed E-state index contributed by atoms with van der Waals surface area (Å²) in [6.45, 7) is 5.51. The predicted octanol–water partition coefficient (Wildman–Crippen LogP) is 4.26. The van der Waals surface area contributed by atoms with Gasteiger partial charge in [0.25, 0.3) is 0 Å². The topological polar surface area (TPSA) is 45.7 Å². The minimum Gasteiger partial charge on any atom is -0.385 e. The highest BCUT2D eigenvalue weighted by Crippen LogP contribution is 2.44. The van der Waals surface area contributed by atoms with E-state index in [-0.39, 0.29) is 24.0 Å². The predicted molar refractivity (Wildman–Crippen MR) is 117 cm³/mol. The molecule has 0 heterocycles. The van der Waals surface area contributed by atoms with Gasteiger partial charge in [0.05, 0.1) is 0 Å². The molecule has 1 aromatic rings. The van der Waals surface area contributed by atoms with Crippen molar-refractivity contribution in [3.63, 3.8) is 0 Å². The zero-order valence-corrected chi connectivity index (χ0v) is 18.4. The Hall–Kier alpha value is -0.530. The fraction of sp³-hybridized carbons (Fsp3) is 0.632. The first-order valence-electron chi connectivity index (χ1n) is 8.93. The van der Waals surface area contributed by atoms with Gasteiger partial charge in [-0.15, -0.1) is 24.0 Å². The number of halogens is 2. The number of methoxy groups -OCH3 is 1. The third kappa shape index (κ3) is 7.71. The summed E-state index contributed by atoms with van der Waals surface area (Å²) in [5.41, 5.74) is 1.59. The first kappa shape index (κ1) is 22.5. The number of hydrogen-bond donors (Lipinski definition) is 2. The fourth-order valence-electron chi connectivity index (χ4n) is 3.09. The van der Waals surface area contributed by atoms with Gasteiger partial charge in [-0.3, -0.25) is 4.99 Å². The third-order valence-electron chi connectivity index (χ3n) is 4.76. The second-order valence-corrected chi connectivity index (χ2v) is 7.03. The summed E-state index contributed by atoms with van der Waals surface area (Å²) in [4.78, 5) is 4.82. The van der Waals surface area contributed by atoms with Crippen LogP contribution in [0, 0.1) is 5.41 Å². The highest BCUT2D eigenvalue weighted by Gasteiger charge is 2.36. The van der Waals surface area contributed by atoms with E-state index in [0.717, 1.165) is 50.1 Å². The normalized spacial score (nSPS) is 15.9. The van der Waals surface area contributed by atoms with Crippen LogP contribution in [0.1, 0.15) is 38.2 Å². The summed E-state index contributed by atoms with van der Waals surface area (Å²) in [5.74, 6) is 0.906. The number of nitrogens with one attached hydrogen (secondary N) is 2. The van der Waals surface area contributed by atoms with Crippen LogP contribution >= 0.6 is 35.6 Å². The number of benzene rings is 1. The van der Waals surface area contributed by atoms with Crippen molar-refractivity contribution in [2.24, 2.45) is 10.4 Å². The molecule has 0 saturated heterocycles. The summed E-state index contributed by atoms with van der Waals surface area (Å²) in [6.07, 6.45) is 5.89. The van der Waals surface area contributed by atoms with E-state index in [4.69, 9.17) is 21.3 Å². The van der Waals surface area contributed by atoms with Gasteiger partial charge in [-0.25, -0.2) is 0 Å². The number of ether oxygens (including phenoxy) is 1. The van der Waals surface area contributed by atoms with Crippen molar-refractivity contribution in [3.05, 3.63) is 34.9 Å². The van der Waals surface area contributed by atoms with Crippen LogP contribution in [0.4, 0.5) is 0 Å². The molecule has 0 aromatic heterocycles. The van der Waals surface area contributed by atoms with Crippen molar-refractivity contribution in [3.8, 4) is 0 Å². The summed E-state index contributed by atoms with van der Waals surface area (Å²) >= 11 is 6.03. The molecular formula is C19H31ClIN3O. The van der Waals surface area contributed by atoms with E-state index in [9.17, 15) is 0 Å². The van der Waals surface area contributed by atoms with Gasteiger partial charge in [-0.2, -0.15) is 0 Å². The second kappa shape index (κ2) is 12.0. The first-order valence-corrected chi connectivity index (χ1v) is 9.31. The van der Waals surface area contributed by atoms with Crippen molar-refractivity contribution < 1.29 is 4.74 Å². The number of aliphatic imine (C=N–C) groups is 1. The van der Waals surface area contributed by atoms with Gasteiger partial charge in [0.1, 0.15) is 0 Å². The molecule has 0 atom stereocenters. The van der Waals surface area contributed by atoms with E-state index >= 15 is 0 Å². The molecule has 25 heavy (non-hydrogen) atoms. The summed E-state index contributed by atoms with van der Waals surface area (Å²) < 4.78 is 5.26. The molecule has 1 aromatic carbocycles. The van der Waals surface area contributed by atoms with Crippen LogP contribution in [0.3, 0.4) is 0 Å². The molecule has 2 N–H and O–H groups in total. The average Bonchev–Trinajstić information content (AvgIpc) is 2.53. The maximum Gasteiger partial charge on any atom is 0.191 e. The Balaban J connectivity index is 0.00000312. The lowest BCUT2D eigenvalue weighted by atomic mass is 9.67. The standard InChI is InChI=1S/C19H30ClN3O.HI/c1-3-21-18(22-12-8-16-6-4-7-17(20)14-16)23-15-19(9-5-10-19)11-13-24-2;/h4,6-7,14H,3,5,8-13,15H2,1-2H3,(H2,21,22,23);1H. The van der Waals surface area contributed by atoms with Crippen LogP contribution in [-0.2, 0) is 11.2 Å². The minimum atomic E-state index is 0. The van der Waals surface area contributed by atoms with Crippen LogP contribution in [0.2, 0.25) is 5.02 Å². The Morgan fingerprint density at radius 3 is 2.72 bits per heavy atom. The van der Waals surface area contributed by atoms with Crippen molar-refractivity contribution in [1.29, 1.82) is 0 Å². The largest absolute Gasteiger partial charge is 0.385 e. The number of rotatable bonds is 9. The molecule has 0 aliphatic heterocycles. The highest BCUT2D eigenvalue weighted by atomic mass is 127. The number of guanidine groups is 1. The molecule has 142 valence electrons. The summed E-state index contributed by atoms with van der Waals surface area (Å²) in [5, 5.41) is 7.56. The van der Waals surface area contributed by atoms with Crippen LogP contribution in [-0.4, -0.2) is 39.3 Å². The van der Waals surface area contributed by atoms with Crippen LogP contribution < -0.4 is 10.6 Å². The maximum absolute atomic E-state index is 6.03. The Morgan fingerprint density at radius 2 is 2.12 bits per heavy atom. The molecule has 1 aliphatic carbocycles. The Morgan fingerprint density at radius 1 is 1.32 bits per heavy atom. The van der Waals surface area contributed by atoms with Gasteiger partial charge in [0, 0.05) is 38.4 Å². The van der Waals surface area contributed by atoms with Gasteiger partial charge in [-0.1, -0.05) is 30.2 Å². The third-order valence-corrected chi connectivity index (χ3v) is 5.00. The molecule has 2 rings (SSSR count). The molecular weight excluding hydrogens is 449 g/mol. The van der Waals surface area contributed by atoms with Gasteiger partial charge in [0.2, 0.25) is 0 Å². The van der Waals surface area contributed by atoms with Gasteiger partial charge in [0.15, 0.2) is 5.96 Å². The Kier molecular flexibility index (Phi) is 10.8. The maximum atomic E-state index is 6.03. The zero-order valence-electron chi connectivity index (χ0n) is 15.3. The van der Waals surface area contributed by atoms with E-state index in [2.05, 4.69) is 23.6 Å². The molecule has 0 bridgehead atoms. The lowest BCUT2D eigenvalue weighted by molar-refractivity contribution is 0.0778. The van der Waals surface area contributed by atoms with E-state index < -0.39 is 0 Å². The van der Waals surface area contributed by atoms with E-state index in [0.29, 0.717) is 5.41 Å². The van der Waals surface area contributed by atoms with Crippen LogP contribution in [0.25, 0.3) is 0 Å². The van der Waals surface area contributed by atoms with Gasteiger partial charge in [-0.05, 0) is 55.7 Å². The smallest absolute Gasteiger partial charge is 0.191 e. The number of nitrogens with zero attached hydrogens (tertiary/aromatic N) is 1. The molecule has 0 unspecified atom stereocenters. The quantitative estimate of drug-likeness (QED) is 0.316. The lowest BCUT2D eigenvalue weighted by Crippen LogP contribution is -2.41. The van der Waals surface area contributed by atoms with Crippen molar-refractivity contribution in [2.45, 2.75) is 39.0 Å². The van der Waals surface area contributed by atoms with Crippen LogP contribution in [0.15, 0.2) is 29.3 Å².